The van der Waals surface area contributed by atoms with Gasteiger partial charge in [0, 0.05) is 11.6 Å². The van der Waals surface area contributed by atoms with Crippen LogP contribution < -0.4 is 0 Å². The van der Waals surface area contributed by atoms with Gasteiger partial charge in [0.05, 0.1) is 18.1 Å². The fraction of sp³-hybridized carbons (Fsp3) is 0.111. The topological polar surface area (TPSA) is 86.5 Å². The van der Waals surface area contributed by atoms with Crippen molar-refractivity contribution in [2.75, 3.05) is 7.11 Å². The maximum absolute atomic E-state index is 13.3. The lowest BCUT2D eigenvalue weighted by molar-refractivity contribution is -0.385. The predicted molar refractivity (Wildman–Crippen MR) is 49.8 cm³/mol. The van der Waals surface area contributed by atoms with Crippen LogP contribution in [0.2, 0.25) is 0 Å². The third-order valence-electron chi connectivity index (χ3n) is 1.83. The van der Waals surface area contributed by atoms with Crippen LogP contribution in [0, 0.1) is 15.9 Å². The summed E-state index contributed by atoms with van der Waals surface area (Å²) >= 11 is 0. The molecule has 0 unspecified atom stereocenters. The van der Waals surface area contributed by atoms with Crippen molar-refractivity contribution in [1.82, 2.24) is 0 Å². The molecule has 0 aromatic heterocycles. The second-order valence-electron chi connectivity index (χ2n) is 2.76. The third-order valence-corrected chi connectivity index (χ3v) is 1.83. The van der Waals surface area contributed by atoms with Crippen LogP contribution >= 0.6 is 0 Å². The quantitative estimate of drug-likeness (QED) is 0.336. The highest BCUT2D eigenvalue weighted by atomic mass is 19.1. The summed E-state index contributed by atoms with van der Waals surface area (Å²) in [4.78, 5) is 31.2. The van der Waals surface area contributed by atoms with E-state index in [2.05, 4.69) is 4.74 Å². The molecule has 1 rings (SSSR count). The van der Waals surface area contributed by atoms with Gasteiger partial charge in [0.15, 0.2) is 6.29 Å². The van der Waals surface area contributed by atoms with Crippen molar-refractivity contribution in [2.45, 2.75) is 0 Å². The minimum atomic E-state index is -1.16. The highest BCUT2D eigenvalue weighted by Gasteiger charge is 2.22. The van der Waals surface area contributed by atoms with Crippen molar-refractivity contribution >= 4 is 17.9 Å². The van der Waals surface area contributed by atoms with Gasteiger partial charge in [0.2, 0.25) is 0 Å². The lowest BCUT2D eigenvalue weighted by Gasteiger charge is -2.03. The predicted octanol–water partition coefficient (Wildman–Crippen LogP) is 1.33. The summed E-state index contributed by atoms with van der Waals surface area (Å²) in [5.41, 5.74) is -1.63. The molecule has 0 saturated carbocycles. The Morgan fingerprint density at radius 1 is 1.56 bits per heavy atom. The van der Waals surface area contributed by atoms with Gasteiger partial charge in [-0.1, -0.05) is 0 Å². The van der Waals surface area contributed by atoms with Gasteiger partial charge in [-0.2, -0.15) is 0 Å². The summed E-state index contributed by atoms with van der Waals surface area (Å²) in [5, 5.41) is 10.4. The van der Waals surface area contributed by atoms with Crippen LogP contribution in [0.1, 0.15) is 20.7 Å². The fourth-order valence-electron chi connectivity index (χ4n) is 1.13. The van der Waals surface area contributed by atoms with E-state index in [9.17, 15) is 24.1 Å². The van der Waals surface area contributed by atoms with E-state index in [1.54, 1.807) is 0 Å². The van der Waals surface area contributed by atoms with Gasteiger partial charge < -0.3 is 4.74 Å². The molecule has 0 aliphatic rings. The summed E-state index contributed by atoms with van der Waals surface area (Å²) in [6, 6.07) is 1.36. The molecule has 16 heavy (non-hydrogen) atoms. The van der Waals surface area contributed by atoms with Gasteiger partial charge in [-0.25, -0.2) is 9.18 Å². The van der Waals surface area contributed by atoms with Crippen molar-refractivity contribution < 1.29 is 23.6 Å². The normalized spacial score (nSPS) is 9.62. The highest BCUT2D eigenvalue weighted by Crippen LogP contribution is 2.21. The molecule has 0 fully saturated rings. The number of carbonyl (C=O) groups excluding carboxylic acids is 2. The SMILES string of the molecule is COC(=O)c1c(F)cc([N+](=O)[O-])cc1C=O. The van der Waals surface area contributed by atoms with Crippen LogP contribution in [0.15, 0.2) is 12.1 Å². The number of rotatable bonds is 3. The molecule has 0 N–H and O–H groups in total. The van der Waals surface area contributed by atoms with Crippen molar-refractivity contribution in [2.24, 2.45) is 0 Å². The molecule has 0 heterocycles. The Balaban J connectivity index is 3.45. The number of carbonyl (C=O) groups is 2. The number of non-ortho nitro benzene ring substituents is 1. The average molecular weight is 227 g/mol. The van der Waals surface area contributed by atoms with Crippen molar-refractivity contribution in [1.29, 1.82) is 0 Å². The summed E-state index contributed by atoms with van der Waals surface area (Å²) in [5.74, 6) is -2.22. The van der Waals surface area contributed by atoms with Gasteiger partial charge in [0.25, 0.3) is 5.69 Å². The molecule has 0 aliphatic carbocycles. The molecule has 84 valence electrons. The van der Waals surface area contributed by atoms with E-state index in [1.807, 2.05) is 0 Å². The Labute approximate surface area is 88.8 Å². The number of halogens is 1. The molecule has 1 aromatic rings. The number of ether oxygens (including phenoxy) is 1. The number of esters is 1. The number of nitro benzene ring substituents is 1. The number of nitrogens with zero attached hydrogens (tertiary/aromatic N) is 1. The lowest BCUT2D eigenvalue weighted by Crippen LogP contribution is -2.09. The zero-order chi connectivity index (χ0) is 12.3. The molecule has 0 saturated heterocycles. The lowest BCUT2D eigenvalue weighted by atomic mass is 10.1. The van der Waals surface area contributed by atoms with E-state index in [4.69, 9.17) is 0 Å². The molecular weight excluding hydrogens is 221 g/mol. The first-order valence-electron chi connectivity index (χ1n) is 4.02. The molecule has 7 heteroatoms. The van der Waals surface area contributed by atoms with E-state index < -0.39 is 33.5 Å². The van der Waals surface area contributed by atoms with Crippen LogP contribution in [0.25, 0.3) is 0 Å². The maximum Gasteiger partial charge on any atom is 0.341 e. The summed E-state index contributed by atoms with van der Waals surface area (Å²) in [6.07, 6.45) is 0.155. The molecular formula is C9H6FNO5. The van der Waals surface area contributed by atoms with Crippen molar-refractivity contribution in [3.05, 3.63) is 39.2 Å². The van der Waals surface area contributed by atoms with E-state index >= 15 is 0 Å². The number of aldehydes is 1. The highest BCUT2D eigenvalue weighted by molar-refractivity contribution is 5.99. The van der Waals surface area contributed by atoms with Gasteiger partial charge in [-0.15, -0.1) is 0 Å². The van der Waals surface area contributed by atoms with Crippen LogP contribution in [0.3, 0.4) is 0 Å². The number of hydrogen-bond acceptors (Lipinski definition) is 5. The minimum absolute atomic E-state index is 0.155. The first-order chi connectivity index (χ1) is 7.51. The number of hydrogen-bond donors (Lipinski definition) is 0. The van der Waals surface area contributed by atoms with Crippen molar-refractivity contribution in [3.8, 4) is 0 Å². The maximum atomic E-state index is 13.3. The van der Waals surface area contributed by atoms with E-state index in [-0.39, 0.29) is 6.29 Å². The van der Waals surface area contributed by atoms with E-state index in [0.717, 1.165) is 13.2 Å². The van der Waals surface area contributed by atoms with Gasteiger partial charge in [0.1, 0.15) is 11.4 Å². The molecule has 0 bridgehead atoms. The Morgan fingerprint density at radius 2 is 2.19 bits per heavy atom. The van der Waals surface area contributed by atoms with Crippen LogP contribution in [0.4, 0.5) is 10.1 Å². The number of nitro groups is 1. The van der Waals surface area contributed by atoms with Gasteiger partial charge >= 0.3 is 5.97 Å². The fourth-order valence-corrected chi connectivity index (χ4v) is 1.13. The number of benzene rings is 1. The Hall–Kier alpha value is -2.31. The molecule has 6 nitrogen and oxygen atoms in total. The Bertz CT molecular complexity index is 471. The zero-order valence-corrected chi connectivity index (χ0v) is 8.10. The first kappa shape index (κ1) is 11.8. The summed E-state index contributed by atoms with van der Waals surface area (Å²) in [6.45, 7) is 0. The van der Waals surface area contributed by atoms with Crippen LogP contribution in [-0.2, 0) is 4.74 Å². The molecule has 1 aromatic carbocycles. The first-order valence-corrected chi connectivity index (χ1v) is 4.02. The van der Waals surface area contributed by atoms with Crippen LogP contribution in [-0.4, -0.2) is 24.3 Å². The largest absolute Gasteiger partial charge is 0.465 e. The molecule has 0 aliphatic heterocycles. The zero-order valence-electron chi connectivity index (χ0n) is 8.10. The second kappa shape index (κ2) is 4.47. The van der Waals surface area contributed by atoms with Crippen molar-refractivity contribution in [3.63, 3.8) is 0 Å². The van der Waals surface area contributed by atoms with E-state index in [1.165, 1.54) is 0 Å². The van der Waals surface area contributed by atoms with E-state index in [0.29, 0.717) is 6.07 Å². The number of methoxy groups -OCH3 is 1. The Morgan fingerprint density at radius 3 is 2.62 bits per heavy atom. The molecule has 0 atom stereocenters. The average Bonchev–Trinajstić information content (AvgIpc) is 2.26. The molecule has 0 spiro atoms. The monoisotopic (exact) mass is 227 g/mol. The standard InChI is InChI=1S/C9H6FNO5/c1-16-9(13)8-5(4-12)2-6(11(14)15)3-7(8)10/h2-4H,1H3. The van der Waals surface area contributed by atoms with Gasteiger partial charge in [-0.05, 0) is 0 Å². The third kappa shape index (κ3) is 2.02. The smallest absolute Gasteiger partial charge is 0.341 e. The Kier molecular flexibility index (Phi) is 3.29. The van der Waals surface area contributed by atoms with Gasteiger partial charge in [-0.3, -0.25) is 14.9 Å². The minimum Gasteiger partial charge on any atom is -0.465 e. The summed E-state index contributed by atoms with van der Waals surface area (Å²) < 4.78 is 17.6. The molecule has 0 amide bonds. The van der Waals surface area contributed by atoms with Crippen LogP contribution in [0.5, 0.6) is 0 Å². The summed E-state index contributed by atoms with van der Waals surface area (Å²) in [7, 11) is 1.01. The second-order valence-corrected chi connectivity index (χ2v) is 2.76. The molecule has 0 radical (unpaired) electrons.